The van der Waals surface area contributed by atoms with Gasteiger partial charge in [0.1, 0.15) is 0 Å². The van der Waals surface area contributed by atoms with Gasteiger partial charge in [-0.3, -0.25) is 4.99 Å². The van der Waals surface area contributed by atoms with Crippen molar-refractivity contribution in [3.8, 4) is 0 Å². The fraction of sp³-hybridized carbons (Fsp3) is 0.909. The number of hydrogen-bond acceptors (Lipinski definition) is 4. The molecule has 88 valence electrons. The van der Waals surface area contributed by atoms with Gasteiger partial charge in [0.2, 0.25) is 0 Å². The molecule has 0 radical (unpaired) electrons. The quantitative estimate of drug-likeness (QED) is 0.638. The average Bonchev–Trinajstić information content (AvgIpc) is 2.34. The van der Waals surface area contributed by atoms with Crippen molar-refractivity contribution in [2.75, 3.05) is 46.3 Å². The second-order valence-electron chi connectivity index (χ2n) is 3.78. The Morgan fingerprint density at radius 3 is 2.33 bits per heavy atom. The van der Waals surface area contributed by atoms with Crippen molar-refractivity contribution in [2.24, 2.45) is 4.99 Å². The molecule has 0 amide bonds. The standard InChI is InChI=1S/C9H18N4.C2H6/c1-12-5-7-13(8-6-12)9-10-3-2-4-11-9;1-2/h2-8H2,1H3,(H,10,11);1-2H3. The number of nitrogens with one attached hydrogen (secondary N) is 1. The summed E-state index contributed by atoms with van der Waals surface area (Å²) in [7, 11) is 2.17. The maximum atomic E-state index is 4.49. The van der Waals surface area contributed by atoms with Crippen LogP contribution in [0.1, 0.15) is 20.3 Å². The molecule has 2 aliphatic rings. The van der Waals surface area contributed by atoms with Crippen LogP contribution in [-0.4, -0.2) is 62.1 Å². The molecular formula is C11H24N4. The van der Waals surface area contributed by atoms with Gasteiger partial charge < -0.3 is 15.1 Å². The van der Waals surface area contributed by atoms with E-state index in [2.05, 4.69) is 27.2 Å². The minimum Gasteiger partial charge on any atom is -0.356 e. The zero-order valence-corrected chi connectivity index (χ0v) is 10.3. The molecule has 4 heteroatoms. The first kappa shape index (κ1) is 12.3. The lowest BCUT2D eigenvalue weighted by Gasteiger charge is -2.35. The fourth-order valence-corrected chi connectivity index (χ4v) is 1.75. The summed E-state index contributed by atoms with van der Waals surface area (Å²) in [6.07, 6.45) is 1.18. The molecule has 2 rings (SSSR count). The zero-order valence-electron chi connectivity index (χ0n) is 10.3. The Labute approximate surface area is 93.3 Å². The highest BCUT2D eigenvalue weighted by molar-refractivity contribution is 5.80. The largest absolute Gasteiger partial charge is 0.356 e. The van der Waals surface area contributed by atoms with Gasteiger partial charge in [0.25, 0.3) is 0 Å². The molecule has 0 spiro atoms. The molecule has 4 nitrogen and oxygen atoms in total. The minimum atomic E-state index is 0.995. The summed E-state index contributed by atoms with van der Waals surface area (Å²) >= 11 is 0. The van der Waals surface area contributed by atoms with Crippen LogP contribution in [0, 0.1) is 0 Å². The predicted molar refractivity (Wildman–Crippen MR) is 65.3 cm³/mol. The summed E-state index contributed by atoms with van der Waals surface area (Å²) in [6, 6.07) is 0. The first-order valence-electron chi connectivity index (χ1n) is 6.08. The summed E-state index contributed by atoms with van der Waals surface area (Å²) in [5.74, 6) is 1.12. The van der Waals surface area contributed by atoms with Gasteiger partial charge in [-0.05, 0) is 13.5 Å². The molecule has 0 unspecified atom stereocenters. The lowest BCUT2D eigenvalue weighted by molar-refractivity contribution is 0.210. The van der Waals surface area contributed by atoms with Crippen LogP contribution in [0.3, 0.4) is 0 Å². The van der Waals surface area contributed by atoms with Gasteiger partial charge in [0.05, 0.1) is 0 Å². The van der Waals surface area contributed by atoms with Crippen molar-refractivity contribution in [1.29, 1.82) is 0 Å². The van der Waals surface area contributed by atoms with E-state index in [-0.39, 0.29) is 0 Å². The SMILES string of the molecule is CC.CN1CCN(C2=NCCCN2)CC1. The molecule has 1 N–H and O–H groups in total. The van der Waals surface area contributed by atoms with Crippen LogP contribution in [0.15, 0.2) is 4.99 Å². The van der Waals surface area contributed by atoms with E-state index in [1.165, 1.54) is 6.42 Å². The molecule has 1 fully saturated rings. The van der Waals surface area contributed by atoms with Gasteiger partial charge in [-0.15, -0.1) is 0 Å². The van der Waals surface area contributed by atoms with Gasteiger partial charge in [0.15, 0.2) is 5.96 Å². The van der Waals surface area contributed by atoms with E-state index in [0.29, 0.717) is 0 Å². The Morgan fingerprint density at radius 1 is 1.13 bits per heavy atom. The Morgan fingerprint density at radius 2 is 1.80 bits per heavy atom. The normalized spacial score (nSPS) is 22.3. The molecule has 0 aliphatic carbocycles. The van der Waals surface area contributed by atoms with Gasteiger partial charge in [-0.1, -0.05) is 13.8 Å². The third-order valence-electron chi connectivity index (χ3n) is 2.68. The Bertz CT molecular complexity index is 195. The summed E-state index contributed by atoms with van der Waals surface area (Å²) in [5, 5.41) is 3.36. The Hall–Kier alpha value is -0.770. The summed E-state index contributed by atoms with van der Waals surface area (Å²) in [5.41, 5.74) is 0. The summed E-state index contributed by atoms with van der Waals surface area (Å²) < 4.78 is 0. The smallest absolute Gasteiger partial charge is 0.194 e. The number of nitrogens with zero attached hydrogens (tertiary/aromatic N) is 3. The molecule has 2 aliphatic heterocycles. The van der Waals surface area contributed by atoms with Crippen LogP contribution in [-0.2, 0) is 0 Å². The Balaban J connectivity index is 0.000000531. The number of hydrogen-bond donors (Lipinski definition) is 1. The van der Waals surface area contributed by atoms with E-state index < -0.39 is 0 Å². The molecule has 1 saturated heterocycles. The number of likely N-dealkylation sites (N-methyl/N-ethyl adjacent to an activating group) is 1. The average molecular weight is 212 g/mol. The van der Waals surface area contributed by atoms with Crippen LogP contribution in [0.2, 0.25) is 0 Å². The van der Waals surface area contributed by atoms with Crippen LogP contribution in [0.4, 0.5) is 0 Å². The van der Waals surface area contributed by atoms with Crippen molar-refractivity contribution in [1.82, 2.24) is 15.1 Å². The van der Waals surface area contributed by atoms with E-state index in [1.54, 1.807) is 0 Å². The minimum absolute atomic E-state index is 0.995. The number of aliphatic imine (C=N–C) groups is 1. The van der Waals surface area contributed by atoms with Crippen molar-refractivity contribution >= 4 is 5.96 Å². The van der Waals surface area contributed by atoms with Crippen molar-refractivity contribution in [2.45, 2.75) is 20.3 Å². The second kappa shape index (κ2) is 6.67. The van der Waals surface area contributed by atoms with Gasteiger partial charge >= 0.3 is 0 Å². The molecule has 0 saturated carbocycles. The lowest BCUT2D eigenvalue weighted by atomic mass is 10.3. The van der Waals surface area contributed by atoms with Crippen LogP contribution >= 0.6 is 0 Å². The number of piperazine rings is 1. The highest BCUT2D eigenvalue weighted by Gasteiger charge is 2.17. The van der Waals surface area contributed by atoms with Crippen LogP contribution in [0.25, 0.3) is 0 Å². The van der Waals surface area contributed by atoms with Crippen LogP contribution < -0.4 is 5.32 Å². The molecule has 0 atom stereocenters. The van der Waals surface area contributed by atoms with E-state index in [0.717, 1.165) is 45.2 Å². The van der Waals surface area contributed by atoms with Crippen LogP contribution in [0.5, 0.6) is 0 Å². The number of rotatable bonds is 0. The van der Waals surface area contributed by atoms with E-state index in [9.17, 15) is 0 Å². The topological polar surface area (TPSA) is 30.9 Å². The third kappa shape index (κ3) is 3.70. The molecule has 0 aromatic heterocycles. The maximum Gasteiger partial charge on any atom is 0.194 e. The first-order chi connectivity index (χ1) is 7.36. The van der Waals surface area contributed by atoms with Gasteiger partial charge in [0, 0.05) is 39.3 Å². The van der Waals surface area contributed by atoms with Gasteiger partial charge in [-0.25, -0.2) is 0 Å². The summed E-state index contributed by atoms with van der Waals surface area (Å²) in [6.45, 7) is 10.6. The zero-order chi connectivity index (χ0) is 11.1. The van der Waals surface area contributed by atoms with E-state index in [1.807, 2.05) is 13.8 Å². The molecular weight excluding hydrogens is 188 g/mol. The maximum absolute atomic E-state index is 4.49. The van der Waals surface area contributed by atoms with Crippen molar-refractivity contribution in [3.63, 3.8) is 0 Å². The highest BCUT2D eigenvalue weighted by Crippen LogP contribution is 2.01. The summed E-state index contributed by atoms with van der Waals surface area (Å²) in [4.78, 5) is 9.21. The number of guanidine groups is 1. The lowest BCUT2D eigenvalue weighted by Crippen LogP contribution is -2.52. The fourth-order valence-electron chi connectivity index (χ4n) is 1.75. The second-order valence-corrected chi connectivity index (χ2v) is 3.78. The van der Waals surface area contributed by atoms with E-state index >= 15 is 0 Å². The van der Waals surface area contributed by atoms with Crippen molar-refractivity contribution in [3.05, 3.63) is 0 Å². The molecule has 2 heterocycles. The third-order valence-corrected chi connectivity index (χ3v) is 2.68. The predicted octanol–water partition coefficient (Wildman–Crippen LogP) is 0.609. The highest BCUT2D eigenvalue weighted by atomic mass is 15.3. The molecule has 0 bridgehead atoms. The van der Waals surface area contributed by atoms with Crippen molar-refractivity contribution < 1.29 is 0 Å². The van der Waals surface area contributed by atoms with Gasteiger partial charge in [-0.2, -0.15) is 0 Å². The molecule has 15 heavy (non-hydrogen) atoms. The molecule has 0 aromatic carbocycles. The Kier molecular flexibility index (Phi) is 5.47. The van der Waals surface area contributed by atoms with E-state index in [4.69, 9.17) is 0 Å². The molecule has 0 aromatic rings. The first-order valence-corrected chi connectivity index (χ1v) is 6.08. The monoisotopic (exact) mass is 212 g/mol.